The first-order chi connectivity index (χ1) is 12.2. The van der Waals surface area contributed by atoms with Gasteiger partial charge in [0, 0.05) is 12.2 Å². The highest BCUT2D eigenvalue weighted by Crippen LogP contribution is 2.25. The molecule has 0 bridgehead atoms. The summed E-state index contributed by atoms with van der Waals surface area (Å²) in [4.78, 5) is 14.7. The molecule has 4 nitrogen and oxygen atoms in total. The Morgan fingerprint density at radius 1 is 1.12 bits per heavy atom. The molecule has 1 aliphatic heterocycles. The molecule has 3 rings (SSSR count). The maximum absolute atomic E-state index is 12.9. The van der Waals surface area contributed by atoms with Crippen molar-refractivity contribution in [2.24, 2.45) is 0 Å². The van der Waals surface area contributed by atoms with Gasteiger partial charge >= 0.3 is 6.03 Å². The van der Waals surface area contributed by atoms with E-state index in [1.165, 1.54) is 43.4 Å². The van der Waals surface area contributed by atoms with Gasteiger partial charge in [0.25, 0.3) is 0 Å². The first-order valence-electron chi connectivity index (χ1n) is 8.79. The van der Waals surface area contributed by atoms with E-state index in [4.69, 9.17) is 0 Å². The fourth-order valence-electron chi connectivity index (χ4n) is 3.23. The van der Waals surface area contributed by atoms with Gasteiger partial charge in [-0.3, -0.25) is 4.90 Å². The van der Waals surface area contributed by atoms with Crippen molar-refractivity contribution in [1.82, 2.24) is 10.2 Å². The summed E-state index contributed by atoms with van der Waals surface area (Å²) < 4.78 is 12.9. The Morgan fingerprint density at radius 3 is 2.48 bits per heavy atom. The number of rotatable bonds is 5. The Labute approximate surface area is 152 Å². The number of carbonyl (C=O) groups is 1. The van der Waals surface area contributed by atoms with E-state index in [2.05, 4.69) is 32.4 Å². The predicted molar refractivity (Wildman–Crippen MR) is 101 cm³/mol. The van der Waals surface area contributed by atoms with E-state index >= 15 is 0 Å². The normalized spacial score (nSPS) is 16.8. The van der Waals surface area contributed by atoms with Crippen molar-refractivity contribution < 1.29 is 9.18 Å². The highest BCUT2D eigenvalue weighted by molar-refractivity contribution is 7.07. The monoisotopic (exact) mass is 361 g/mol. The standard InChI is InChI=1S/C19H24FN3OS/c20-16-5-7-17(8-6-16)22-19(24)21-13-18(15-9-12-25-14-15)23-10-3-1-2-4-11-23/h5-9,12,14,18H,1-4,10-11,13H2,(H2,21,22,24). The minimum Gasteiger partial charge on any atom is -0.336 e. The summed E-state index contributed by atoms with van der Waals surface area (Å²) in [7, 11) is 0. The number of nitrogens with one attached hydrogen (secondary N) is 2. The number of carbonyl (C=O) groups excluding carboxylic acids is 1. The van der Waals surface area contributed by atoms with E-state index in [1.807, 2.05) is 0 Å². The van der Waals surface area contributed by atoms with Crippen molar-refractivity contribution >= 4 is 23.1 Å². The summed E-state index contributed by atoms with van der Waals surface area (Å²) in [5.74, 6) is -0.315. The molecule has 134 valence electrons. The van der Waals surface area contributed by atoms with Crippen LogP contribution in [0.2, 0.25) is 0 Å². The zero-order valence-corrected chi connectivity index (χ0v) is 15.0. The number of anilines is 1. The number of amides is 2. The van der Waals surface area contributed by atoms with Crippen LogP contribution >= 0.6 is 11.3 Å². The topological polar surface area (TPSA) is 44.4 Å². The summed E-state index contributed by atoms with van der Waals surface area (Å²) in [6.45, 7) is 2.70. The molecule has 0 radical (unpaired) electrons. The molecule has 2 N–H and O–H groups in total. The Balaban J connectivity index is 1.60. The summed E-state index contributed by atoms with van der Waals surface area (Å²) in [6, 6.07) is 7.85. The fourth-order valence-corrected chi connectivity index (χ4v) is 3.93. The van der Waals surface area contributed by atoms with Crippen molar-refractivity contribution in [2.45, 2.75) is 31.7 Å². The zero-order chi connectivity index (χ0) is 17.5. The lowest BCUT2D eigenvalue weighted by atomic mass is 10.1. The van der Waals surface area contributed by atoms with Crippen LogP contribution in [0.4, 0.5) is 14.9 Å². The molecule has 0 spiro atoms. The highest BCUT2D eigenvalue weighted by Gasteiger charge is 2.22. The number of nitrogens with zero attached hydrogens (tertiary/aromatic N) is 1. The molecule has 1 aromatic heterocycles. The first-order valence-corrected chi connectivity index (χ1v) is 9.73. The molecule has 1 atom stereocenters. The van der Waals surface area contributed by atoms with Crippen molar-refractivity contribution in [3.05, 3.63) is 52.5 Å². The molecule has 0 saturated carbocycles. The van der Waals surface area contributed by atoms with Gasteiger partial charge in [-0.1, -0.05) is 12.8 Å². The first kappa shape index (κ1) is 17.9. The average molecular weight is 361 g/mol. The minimum absolute atomic E-state index is 0.198. The number of hydrogen-bond acceptors (Lipinski definition) is 3. The van der Waals surface area contributed by atoms with Gasteiger partial charge in [-0.05, 0) is 72.6 Å². The molecule has 0 aliphatic carbocycles. The number of benzene rings is 1. The maximum Gasteiger partial charge on any atom is 0.319 e. The molecule has 6 heteroatoms. The molecule has 2 aromatic rings. The van der Waals surface area contributed by atoms with Gasteiger partial charge in [0.2, 0.25) is 0 Å². The molecular formula is C19H24FN3OS. The number of likely N-dealkylation sites (tertiary alicyclic amines) is 1. The van der Waals surface area contributed by atoms with Gasteiger partial charge in [-0.2, -0.15) is 11.3 Å². The molecule has 2 heterocycles. The van der Waals surface area contributed by atoms with Gasteiger partial charge in [0.05, 0.1) is 6.04 Å². The number of halogens is 1. The van der Waals surface area contributed by atoms with Crippen molar-refractivity contribution in [2.75, 3.05) is 25.0 Å². The molecule has 25 heavy (non-hydrogen) atoms. The van der Waals surface area contributed by atoms with Crippen LogP contribution in [0, 0.1) is 5.82 Å². The lowest BCUT2D eigenvalue weighted by Gasteiger charge is -2.30. The lowest BCUT2D eigenvalue weighted by molar-refractivity contribution is 0.199. The van der Waals surface area contributed by atoms with Crippen LogP contribution in [-0.4, -0.2) is 30.6 Å². The smallest absolute Gasteiger partial charge is 0.319 e. The largest absolute Gasteiger partial charge is 0.336 e. The predicted octanol–water partition coefficient (Wildman–Crippen LogP) is 4.63. The van der Waals surface area contributed by atoms with Gasteiger partial charge in [-0.25, -0.2) is 9.18 Å². The second-order valence-corrected chi connectivity index (χ2v) is 7.14. The van der Waals surface area contributed by atoms with Crippen molar-refractivity contribution in [1.29, 1.82) is 0 Å². The average Bonchev–Trinajstić information content (AvgIpc) is 3.00. The second kappa shape index (κ2) is 8.97. The van der Waals surface area contributed by atoms with Crippen molar-refractivity contribution in [3.63, 3.8) is 0 Å². The quantitative estimate of drug-likeness (QED) is 0.816. The van der Waals surface area contributed by atoms with Gasteiger partial charge in [-0.15, -0.1) is 0 Å². The second-order valence-electron chi connectivity index (χ2n) is 6.36. The van der Waals surface area contributed by atoms with E-state index in [0.29, 0.717) is 12.2 Å². The van der Waals surface area contributed by atoms with Gasteiger partial charge < -0.3 is 10.6 Å². The summed E-state index contributed by atoms with van der Waals surface area (Å²) in [6.07, 6.45) is 4.99. The number of urea groups is 1. The fraction of sp³-hybridized carbons (Fsp3) is 0.421. The summed E-state index contributed by atoms with van der Waals surface area (Å²) in [5.41, 5.74) is 1.84. The van der Waals surface area contributed by atoms with Gasteiger partial charge in [0.15, 0.2) is 0 Å². The van der Waals surface area contributed by atoms with Crippen LogP contribution in [0.1, 0.15) is 37.3 Å². The molecule has 2 amide bonds. The zero-order valence-electron chi connectivity index (χ0n) is 14.2. The van der Waals surface area contributed by atoms with E-state index in [1.54, 1.807) is 23.5 Å². The maximum atomic E-state index is 12.9. The molecule has 1 fully saturated rings. The minimum atomic E-state index is -0.315. The molecule has 1 aliphatic rings. The van der Waals surface area contributed by atoms with Crippen molar-refractivity contribution in [3.8, 4) is 0 Å². The lowest BCUT2D eigenvalue weighted by Crippen LogP contribution is -2.40. The van der Waals surface area contributed by atoms with Gasteiger partial charge in [0.1, 0.15) is 5.82 Å². The van der Waals surface area contributed by atoms with Crippen LogP contribution in [-0.2, 0) is 0 Å². The van der Waals surface area contributed by atoms with Crippen LogP contribution in [0.5, 0.6) is 0 Å². The molecule has 1 aromatic carbocycles. The van der Waals surface area contributed by atoms with E-state index < -0.39 is 0 Å². The third-order valence-corrected chi connectivity index (χ3v) is 5.27. The Bertz CT molecular complexity index is 652. The molecule has 1 unspecified atom stereocenters. The van der Waals surface area contributed by atoms with E-state index in [-0.39, 0.29) is 17.9 Å². The Hall–Kier alpha value is -1.92. The van der Waals surface area contributed by atoms with Crippen LogP contribution in [0.3, 0.4) is 0 Å². The van der Waals surface area contributed by atoms with Crippen LogP contribution in [0.15, 0.2) is 41.1 Å². The molecule has 1 saturated heterocycles. The Kier molecular flexibility index (Phi) is 6.42. The van der Waals surface area contributed by atoms with Crippen LogP contribution in [0.25, 0.3) is 0 Å². The third-order valence-electron chi connectivity index (χ3n) is 4.57. The van der Waals surface area contributed by atoms with E-state index in [0.717, 1.165) is 13.1 Å². The summed E-state index contributed by atoms with van der Waals surface area (Å²) in [5, 5.41) is 9.97. The van der Waals surface area contributed by atoms with Crippen LogP contribution < -0.4 is 10.6 Å². The molecular weight excluding hydrogens is 337 g/mol. The number of thiophene rings is 1. The van der Waals surface area contributed by atoms with E-state index in [9.17, 15) is 9.18 Å². The third kappa shape index (κ3) is 5.28. The number of hydrogen-bond donors (Lipinski definition) is 2. The summed E-state index contributed by atoms with van der Waals surface area (Å²) >= 11 is 1.68. The Morgan fingerprint density at radius 2 is 1.84 bits per heavy atom. The highest BCUT2D eigenvalue weighted by atomic mass is 32.1. The SMILES string of the molecule is O=C(NCC(c1ccsc1)N1CCCCCC1)Nc1ccc(F)cc1.